The summed E-state index contributed by atoms with van der Waals surface area (Å²) < 4.78 is 23.1. The zero-order valence-electron chi connectivity index (χ0n) is 32.0. The van der Waals surface area contributed by atoms with Gasteiger partial charge in [0.25, 0.3) is 30.1 Å². The maximum absolute atomic E-state index is 13.6. The molecule has 0 aromatic rings. The van der Waals surface area contributed by atoms with Crippen LogP contribution in [0.1, 0.15) is 88.0 Å². The van der Waals surface area contributed by atoms with Crippen molar-refractivity contribution in [2.45, 2.75) is 94.3 Å². The Balaban J connectivity index is 0.00000110. The van der Waals surface area contributed by atoms with E-state index in [0.29, 0.717) is 16.7 Å². The van der Waals surface area contributed by atoms with Gasteiger partial charge in [-0.1, -0.05) is 66.8 Å². The Bertz CT molecular complexity index is 1160. The van der Waals surface area contributed by atoms with Crippen molar-refractivity contribution in [3.8, 4) is 0 Å². The highest BCUT2D eigenvalue weighted by molar-refractivity contribution is 8.54. The van der Waals surface area contributed by atoms with Gasteiger partial charge in [-0.25, -0.2) is 18.6 Å². The molecule has 19 heteroatoms. The van der Waals surface area contributed by atoms with Crippen LogP contribution >= 0.6 is 18.8 Å². The van der Waals surface area contributed by atoms with Gasteiger partial charge in [-0.3, -0.25) is 24.0 Å². The van der Waals surface area contributed by atoms with Crippen LogP contribution in [0.4, 0.5) is 8.99 Å². The van der Waals surface area contributed by atoms with Gasteiger partial charge < -0.3 is 30.1 Å². The van der Waals surface area contributed by atoms with Crippen LogP contribution in [0.2, 0.25) is 0 Å². The zero-order chi connectivity index (χ0) is 40.2. The molecule has 3 atom stereocenters. The minimum Gasteiger partial charge on any atom is -0.467 e. The number of nitrogens with zero attached hydrogens (tertiary/aromatic N) is 2. The minimum absolute atomic E-state index is 0.00551. The fourth-order valence-electron chi connectivity index (χ4n) is 5.11. The number of aliphatic hydroxyl groups excluding tert-OH is 1. The van der Waals surface area contributed by atoms with Gasteiger partial charge in [0.2, 0.25) is 0 Å². The molecule has 300 valence electrons. The fourth-order valence-corrected chi connectivity index (χ4v) is 7.28. The highest BCUT2D eigenvalue weighted by Crippen LogP contribution is 2.50. The van der Waals surface area contributed by atoms with Gasteiger partial charge in [0.15, 0.2) is 6.29 Å². The molecule has 0 bridgehead atoms. The smallest absolute Gasteiger partial charge is 0.407 e. The van der Waals surface area contributed by atoms with Crippen LogP contribution < -0.4 is 10.6 Å². The Kier molecular flexibility index (Phi) is 23.0. The third kappa shape index (κ3) is 14.5. The molecular weight excluding hydrogens is 726 g/mol. The van der Waals surface area contributed by atoms with Crippen LogP contribution in [0.5, 0.6) is 0 Å². The number of amides is 5. The molecule has 3 unspecified atom stereocenters. The highest BCUT2D eigenvalue weighted by Gasteiger charge is 2.48. The second-order valence-electron chi connectivity index (χ2n) is 12.9. The number of alkyl carbamates (subject to hydrolysis) is 1. The van der Waals surface area contributed by atoms with Crippen LogP contribution in [0.25, 0.3) is 0 Å². The SMILES string of the molecule is CC.CC(C)C(CNC(=O)OCCSP(F)CCOC=O)(C(C)C)C(O)ON1C(=O)CCC1=O.CNCC(C)(C(=O)ON1C(=O)CCC1=O)C(C)C. The molecule has 0 aromatic carbocycles. The van der Waals surface area contributed by atoms with Gasteiger partial charge in [0, 0.05) is 56.1 Å². The van der Waals surface area contributed by atoms with Crippen molar-refractivity contribution < 1.29 is 62.0 Å². The first-order chi connectivity index (χ1) is 24.4. The van der Waals surface area contributed by atoms with Crippen LogP contribution in [-0.4, -0.2) is 109 Å². The van der Waals surface area contributed by atoms with Crippen molar-refractivity contribution in [2.75, 3.05) is 45.3 Å². The molecule has 0 radical (unpaired) electrons. The van der Waals surface area contributed by atoms with E-state index in [2.05, 4.69) is 15.4 Å². The monoisotopic (exact) mass is 784 g/mol. The van der Waals surface area contributed by atoms with Crippen molar-refractivity contribution in [2.24, 2.45) is 28.6 Å². The molecule has 2 rings (SSSR count). The molecule has 3 N–H and O–H groups in total. The average molecular weight is 785 g/mol. The molecule has 2 fully saturated rings. The summed E-state index contributed by atoms with van der Waals surface area (Å²) in [7, 11) is -0.142. The maximum atomic E-state index is 13.6. The number of hydrogen-bond acceptors (Lipinski definition) is 14. The van der Waals surface area contributed by atoms with Crippen molar-refractivity contribution in [1.29, 1.82) is 0 Å². The van der Waals surface area contributed by atoms with Crippen LogP contribution in [-0.2, 0) is 47.9 Å². The Hall–Kier alpha value is -2.92. The van der Waals surface area contributed by atoms with Gasteiger partial charge in [0.05, 0.1) is 12.0 Å². The average Bonchev–Trinajstić information content (AvgIpc) is 3.58. The standard InChI is InChI=1S/C19H32FN2O8PS.C12H20N2O4.C2H6/c1-13(2)19(14(3)4,17(26)30-22-15(24)5-6-16(22)25)11-21-18(27)29-8-10-32-31(20)9-7-28-12-23;1-8(2)12(3,7-13-4)11(17)18-14-9(15)5-6-10(14)16;1-2/h12-14,17,26H,5-11H2,1-4H3,(H,21,27);8,13H,5-7H2,1-4H3;1-2H3. The molecule has 0 saturated carbocycles. The summed E-state index contributed by atoms with van der Waals surface area (Å²) in [6, 6.07) is 0. The van der Waals surface area contributed by atoms with E-state index < -0.39 is 60.2 Å². The molecule has 0 aromatic heterocycles. The molecule has 5 amide bonds. The van der Waals surface area contributed by atoms with E-state index in [-0.39, 0.29) is 81.6 Å². The third-order valence-electron chi connectivity index (χ3n) is 8.82. The number of aliphatic hydroxyl groups is 1. The molecule has 0 aliphatic carbocycles. The van der Waals surface area contributed by atoms with Gasteiger partial charge in [-0.05, 0) is 31.7 Å². The summed E-state index contributed by atoms with van der Waals surface area (Å²) in [4.78, 5) is 91.1. The predicted molar refractivity (Wildman–Crippen MR) is 192 cm³/mol. The number of hydroxylamine groups is 4. The van der Waals surface area contributed by atoms with Gasteiger partial charge in [-0.15, -0.1) is 5.06 Å². The number of imide groups is 2. The van der Waals surface area contributed by atoms with Crippen LogP contribution in [0.3, 0.4) is 0 Å². The second kappa shape index (κ2) is 24.4. The molecule has 16 nitrogen and oxygen atoms in total. The summed E-state index contributed by atoms with van der Waals surface area (Å²) in [6.07, 6.45) is -1.91. The molecule has 0 spiro atoms. The molecule has 52 heavy (non-hydrogen) atoms. The normalized spacial score (nSPS) is 16.9. The van der Waals surface area contributed by atoms with Gasteiger partial charge >= 0.3 is 12.1 Å². The summed E-state index contributed by atoms with van der Waals surface area (Å²) in [6.45, 7) is 17.5. The van der Waals surface area contributed by atoms with E-state index in [4.69, 9.17) is 14.4 Å². The summed E-state index contributed by atoms with van der Waals surface area (Å²) in [5, 5.41) is 17.6. The van der Waals surface area contributed by atoms with E-state index in [1.807, 2.05) is 55.4 Å². The lowest BCUT2D eigenvalue weighted by molar-refractivity contribution is -0.291. The van der Waals surface area contributed by atoms with Crippen molar-refractivity contribution in [3.63, 3.8) is 0 Å². The molecule has 2 heterocycles. The number of carbonyl (C=O) groups is 7. The highest BCUT2D eigenvalue weighted by atomic mass is 32.7. The van der Waals surface area contributed by atoms with Crippen molar-refractivity contribution in [3.05, 3.63) is 0 Å². The van der Waals surface area contributed by atoms with E-state index in [0.717, 1.165) is 11.4 Å². The lowest BCUT2D eigenvalue weighted by atomic mass is 9.68. The number of halogens is 1. The first-order valence-electron chi connectivity index (χ1n) is 17.3. The Morgan fingerprint density at radius 2 is 1.40 bits per heavy atom. The summed E-state index contributed by atoms with van der Waals surface area (Å²) >= 11 is 0.993. The van der Waals surface area contributed by atoms with E-state index in [9.17, 15) is 42.9 Å². The fraction of sp³-hybridized carbons (Fsp3) is 0.788. The third-order valence-corrected chi connectivity index (χ3v) is 11.9. The van der Waals surface area contributed by atoms with Crippen molar-refractivity contribution in [1.82, 2.24) is 20.8 Å². The first-order valence-corrected chi connectivity index (χ1v) is 20.3. The first kappa shape index (κ1) is 49.1. The Labute approximate surface area is 311 Å². The summed E-state index contributed by atoms with van der Waals surface area (Å²) in [5.74, 6) is -2.67. The quantitative estimate of drug-likeness (QED) is 0.0523. The van der Waals surface area contributed by atoms with E-state index in [1.54, 1.807) is 14.0 Å². The Morgan fingerprint density at radius 3 is 1.85 bits per heavy atom. The topological polar surface area (TPSA) is 207 Å². The molecule has 2 aliphatic rings. The number of carbonyl (C=O) groups excluding carboxylic acids is 7. The summed E-state index contributed by atoms with van der Waals surface area (Å²) in [5.41, 5.74) is -1.80. The predicted octanol–water partition coefficient (Wildman–Crippen LogP) is 4.10. The molecular formula is C33H58FN4O12PS. The van der Waals surface area contributed by atoms with Gasteiger partial charge in [0.1, 0.15) is 14.0 Å². The number of nitrogens with one attached hydrogen (secondary N) is 2. The largest absolute Gasteiger partial charge is 0.467 e. The lowest BCUT2D eigenvalue weighted by Crippen LogP contribution is -2.55. The number of ether oxygens (including phenoxy) is 2. The Morgan fingerprint density at radius 1 is 0.904 bits per heavy atom. The number of rotatable bonds is 20. The van der Waals surface area contributed by atoms with E-state index in [1.165, 1.54) is 0 Å². The molecule has 2 aliphatic heterocycles. The second-order valence-corrected chi connectivity index (χ2v) is 16.6. The molecule has 2 saturated heterocycles. The van der Waals surface area contributed by atoms with Crippen LogP contribution in [0, 0.1) is 28.6 Å². The minimum atomic E-state index is -1.88. The van der Waals surface area contributed by atoms with Crippen molar-refractivity contribution >= 4 is 61.0 Å². The number of hydrogen-bond donors (Lipinski definition) is 3. The van der Waals surface area contributed by atoms with E-state index >= 15 is 0 Å². The van der Waals surface area contributed by atoms with Crippen LogP contribution in [0.15, 0.2) is 0 Å². The maximum Gasteiger partial charge on any atom is 0.407 e. The zero-order valence-corrected chi connectivity index (χ0v) is 33.7. The lowest BCUT2D eigenvalue weighted by Gasteiger charge is -2.44. The van der Waals surface area contributed by atoms with Gasteiger partial charge in [-0.2, -0.15) is 5.06 Å².